The lowest BCUT2D eigenvalue weighted by atomic mass is 9.88. The van der Waals surface area contributed by atoms with Gasteiger partial charge in [0.25, 0.3) is 0 Å². The van der Waals surface area contributed by atoms with Crippen LogP contribution in [0.4, 0.5) is 5.69 Å². The summed E-state index contributed by atoms with van der Waals surface area (Å²) >= 11 is 4.04. The van der Waals surface area contributed by atoms with Crippen molar-refractivity contribution < 1.29 is 4.79 Å². The van der Waals surface area contributed by atoms with Crippen LogP contribution in [0.5, 0.6) is 0 Å². The van der Waals surface area contributed by atoms with Crippen LogP contribution >= 0.6 is 23.5 Å². The third-order valence-electron chi connectivity index (χ3n) is 4.50. The van der Waals surface area contributed by atoms with E-state index in [4.69, 9.17) is 0 Å². The van der Waals surface area contributed by atoms with Crippen LogP contribution in [-0.4, -0.2) is 17.4 Å². The Morgan fingerprint density at radius 3 is 2.62 bits per heavy atom. The Morgan fingerprint density at radius 2 is 1.90 bits per heavy atom. The van der Waals surface area contributed by atoms with Gasteiger partial charge in [0.05, 0.1) is 4.58 Å². The standard InChI is InChI=1S/C17H23NOS2/c1-17(8-2-3-9-17)16(19)18-14-7-4-6-13(12-14)15-20-10-5-11-21-15/h4,6-7,12,15H,2-3,5,8-11H2,1H3,(H,18,19). The van der Waals surface area contributed by atoms with Gasteiger partial charge >= 0.3 is 0 Å². The fourth-order valence-electron chi connectivity index (χ4n) is 3.11. The SMILES string of the molecule is CC1(C(=O)Nc2cccc(C3SCCCS3)c2)CCCC1. The maximum atomic E-state index is 12.5. The van der Waals surface area contributed by atoms with E-state index >= 15 is 0 Å². The summed E-state index contributed by atoms with van der Waals surface area (Å²) < 4.78 is 0.526. The Bertz CT molecular complexity index is 505. The highest BCUT2D eigenvalue weighted by Gasteiger charge is 2.36. The van der Waals surface area contributed by atoms with Gasteiger partial charge in [0.1, 0.15) is 0 Å². The molecule has 21 heavy (non-hydrogen) atoms. The molecule has 1 N–H and O–H groups in total. The molecule has 0 spiro atoms. The first-order valence-corrected chi connectivity index (χ1v) is 9.92. The summed E-state index contributed by atoms with van der Waals surface area (Å²) in [6.07, 6.45) is 5.71. The molecule has 1 saturated heterocycles. The lowest BCUT2D eigenvalue weighted by Crippen LogP contribution is -2.30. The van der Waals surface area contributed by atoms with Crippen molar-refractivity contribution in [2.45, 2.75) is 43.6 Å². The number of hydrogen-bond acceptors (Lipinski definition) is 3. The molecule has 0 unspecified atom stereocenters. The van der Waals surface area contributed by atoms with Crippen molar-refractivity contribution in [1.29, 1.82) is 0 Å². The smallest absolute Gasteiger partial charge is 0.230 e. The highest BCUT2D eigenvalue weighted by atomic mass is 32.2. The summed E-state index contributed by atoms with van der Waals surface area (Å²) in [5, 5.41) is 3.15. The van der Waals surface area contributed by atoms with Crippen molar-refractivity contribution in [3.63, 3.8) is 0 Å². The van der Waals surface area contributed by atoms with Crippen LogP contribution in [0, 0.1) is 5.41 Å². The van der Waals surface area contributed by atoms with Crippen LogP contribution in [0.25, 0.3) is 0 Å². The quantitative estimate of drug-likeness (QED) is 0.842. The first kappa shape index (κ1) is 15.3. The number of carbonyl (C=O) groups excluding carboxylic acids is 1. The number of anilines is 1. The van der Waals surface area contributed by atoms with E-state index < -0.39 is 0 Å². The molecule has 2 aliphatic rings. The fourth-order valence-corrected chi connectivity index (χ4v) is 5.98. The number of rotatable bonds is 3. The molecule has 4 heteroatoms. The van der Waals surface area contributed by atoms with E-state index in [1.54, 1.807) is 0 Å². The van der Waals surface area contributed by atoms with Crippen LogP contribution in [-0.2, 0) is 4.79 Å². The van der Waals surface area contributed by atoms with Gasteiger partial charge in [0, 0.05) is 11.1 Å². The summed E-state index contributed by atoms with van der Waals surface area (Å²) in [5.74, 6) is 2.68. The van der Waals surface area contributed by atoms with Crippen molar-refractivity contribution in [1.82, 2.24) is 0 Å². The van der Waals surface area contributed by atoms with E-state index in [2.05, 4.69) is 30.4 Å². The Labute approximate surface area is 135 Å². The van der Waals surface area contributed by atoms with Gasteiger partial charge in [-0.1, -0.05) is 31.9 Å². The van der Waals surface area contributed by atoms with Crippen molar-refractivity contribution in [3.05, 3.63) is 29.8 Å². The summed E-state index contributed by atoms with van der Waals surface area (Å²) in [4.78, 5) is 12.5. The monoisotopic (exact) mass is 321 g/mol. The molecule has 2 fully saturated rings. The average molecular weight is 322 g/mol. The predicted octanol–water partition coefficient (Wildman–Crippen LogP) is 5.07. The number of thioether (sulfide) groups is 2. The predicted molar refractivity (Wildman–Crippen MR) is 93.9 cm³/mol. The molecule has 1 heterocycles. The van der Waals surface area contributed by atoms with E-state index in [1.807, 2.05) is 29.6 Å². The highest BCUT2D eigenvalue weighted by Crippen LogP contribution is 2.44. The molecule has 1 saturated carbocycles. The zero-order chi connectivity index (χ0) is 14.7. The summed E-state index contributed by atoms with van der Waals surface area (Å²) in [7, 11) is 0. The Balaban J connectivity index is 1.69. The van der Waals surface area contributed by atoms with E-state index in [0.717, 1.165) is 18.5 Å². The number of benzene rings is 1. The molecule has 1 aromatic rings. The zero-order valence-electron chi connectivity index (χ0n) is 12.6. The van der Waals surface area contributed by atoms with Crippen LogP contribution in [0.1, 0.15) is 49.2 Å². The van der Waals surface area contributed by atoms with Gasteiger partial charge in [0.15, 0.2) is 0 Å². The Morgan fingerprint density at radius 1 is 1.19 bits per heavy atom. The molecule has 0 bridgehead atoms. The average Bonchev–Trinajstić information content (AvgIpc) is 2.97. The zero-order valence-corrected chi connectivity index (χ0v) is 14.2. The lowest BCUT2D eigenvalue weighted by Gasteiger charge is -2.24. The Hall–Kier alpha value is -0.610. The third kappa shape index (κ3) is 3.59. The Kier molecular flexibility index (Phi) is 4.85. The second kappa shape index (κ2) is 6.66. The molecule has 0 aromatic heterocycles. The normalized spacial score (nSPS) is 22.1. The molecule has 2 nitrogen and oxygen atoms in total. The lowest BCUT2D eigenvalue weighted by molar-refractivity contribution is -0.124. The van der Waals surface area contributed by atoms with Crippen LogP contribution in [0.15, 0.2) is 24.3 Å². The number of nitrogens with one attached hydrogen (secondary N) is 1. The molecular formula is C17H23NOS2. The van der Waals surface area contributed by atoms with Crippen LogP contribution in [0.3, 0.4) is 0 Å². The molecule has 3 rings (SSSR count). The first-order chi connectivity index (χ1) is 10.2. The minimum Gasteiger partial charge on any atom is -0.326 e. The molecule has 1 aliphatic carbocycles. The van der Waals surface area contributed by atoms with Crippen molar-refractivity contribution >= 4 is 35.1 Å². The molecule has 0 atom stereocenters. The van der Waals surface area contributed by atoms with E-state index in [9.17, 15) is 4.79 Å². The van der Waals surface area contributed by atoms with E-state index in [0.29, 0.717) is 4.58 Å². The van der Waals surface area contributed by atoms with Gasteiger partial charge in [-0.25, -0.2) is 0 Å². The van der Waals surface area contributed by atoms with Crippen LogP contribution < -0.4 is 5.32 Å². The topological polar surface area (TPSA) is 29.1 Å². The number of amides is 1. The first-order valence-electron chi connectivity index (χ1n) is 7.82. The van der Waals surface area contributed by atoms with Gasteiger partial charge < -0.3 is 5.32 Å². The maximum Gasteiger partial charge on any atom is 0.230 e. The second-order valence-electron chi connectivity index (χ2n) is 6.27. The van der Waals surface area contributed by atoms with Gasteiger partial charge in [0.2, 0.25) is 5.91 Å². The highest BCUT2D eigenvalue weighted by molar-refractivity contribution is 8.16. The van der Waals surface area contributed by atoms with Crippen molar-refractivity contribution in [2.75, 3.05) is 16.8 Å². The summed E-state index contributed by atoms with van der Waals surface area (Å²) in [6.45, 7) is 2.10. The van der Waals surface area contributed by atoms with E-state index in [-0.39, 0.29) is 11.3 Å². The molecule has 1 aromatic carbocycles. The van der Waals surface area contributed by atoms with Crippen LogP contribution in [0.2, 0.25) is 0 Å². The van der Waals surface area contributed by atoms with Gasteiger partial charge in [-0.05, 0) is 48.5 Å². The van der Waals surface area contributed by atoms with Crippen molar-refractivity contribution in [3.8, 4) is 0 Å². The second-order valence-corrected chi connectivity index (χ2v) is 9.00. The summed E-state index contributed by atoms with van der Waals surface area (Å²) in [5.41, 5.74) is 2.13. The third-order valence-corrected chi connectivity index (χ3v) is 7.51. The number of hydrogen-bond donors (Lipinski definition) is 1. The molecule has 1 aliphatic heterocycles. The largest absolute Gasteiger partial charge is 0.326 e. The summed E-state index contributed by atoms with van der Waals surface area (Å²) in [6, 6.07) is 8.42. The van der Waals surface area contributed by atoms with E-state index in [1.165, 1.54) is 36.3 Å². The molecule has 0 radical (unpaired) electrons. The van der Waals surface area contributed by atoms with Gasteiger partial charge in [-0.2, -0.15) is 0 Å². The molecular weight excluding hydrogens is 298 g/mol. The maximum absolute atomic E-state index is 12.5. The van der Waals surface area contributed by atoms with Gasteiger partial charge in [-0.15, -0.1) is 23.5 Å². The minimum atomic E-state index is -0.162. The molecule has 1 amide bonds. The van der Waals surface area contributed by atoms with Gasteiger partial charge in [-0.3, -0.25) is 4.79 Å². The fraction of sp³-hybridized carbons (Fsp3) is 0.588. The minimum absolute atomic E-state index is 0.162. The number of carbonyl (C=O) groups is 1. The molecule has 114 valence electrons. The van der Waals surface area contributed by atoms with Crippen molar-refractivity contribution in [2.24, 2.45) is 5.41 Å².